The van der Waals surface area contributed by atoms with Crippen LogP contribution in [-0.4, -0.2) is 29.1 Å². The maximum Gasteiger partial charge on any atom is 0.410 e. The lowest BCUT2D eigenvalue weighted by Gasteiger charge is -2.30. The van der Waals surface area contributed by atoms with E-state index in [9.17, 15) is 9.59 Å². The molecule has 0 radical (unpaired) electrons. The van der Waals surface area contributed by atoms with Crippen LogP contribution >= 0.6 is 11.3 Å². The predicted octanol–water partition coefficient (Wildman–Crippen LogP) is 2.40. The van der Waals surface area contributed by atoms with Crippen molar-refractivity contribution in [3.05, 3.63) is 16.0 Å². The Bertz CT molecular complexity index is 1690. The van der Waals surface area contributed by atoms with Gasteiger partial charge in [0, 0.05) is 58.8 Å². The van der Waals surface area contributed by atoms with E-state index in [-0.39, 0.29) is 5.56 Å². The van der Waals surface area contributed by atoms with Crippen LogP contribution in [-0.2, 0) is 22.4 Å². The van der Waals surface area contributed by atoms with Crippen molar-refractivity contribution in [3.63, 3.8) is 0 Å². The molecule has 0 aromatic carbocycles. The third-order valence-corrected chi connectivity index (χ3v) is 5.13. The number of carbonyl (C=O) groups excluding carboxylic acids is 2. The fraction of sp³-hybridized carbons (Fsp3) is 0.226. The Balaban J connectivity index is 1.90. The maximum absolute atomic E-state index is 12.5. The van der Waals surface area contributed by atoms with Gasteiger partial charge in [0.15, 0.2) is 0 Å². The van der Waals surface area contributed by atoms with Crippen molar-refractivity contribution in [1.29, 1.82) is 0 Å². The minimum atomic E-state index is -0.676. The number of anilines is 1. The van der Waals surface area contributed by atoms with Crippen LogP contribution in [0, 0.1) is 107 Å². The van der Waals surface area contributed by atoms with E-state index in [4.69, 9.17) is 21.6 Å². The Kier molecular flexibility index (Phi) is 11.0. The summed E-state index contributed by atoms with van der Waals surface area (Å²) in [5, 5.41) is 0.305. The topological polar surface area (TPSA) is 81.9 Å². The van der Waals surface area contributed by atoms with Gasteiger partial charge in [-0.3, -0.25) is 0 Å². The van der Waals surface area contributed by atoms with Crippen LogP contribution in [0.4, 0.5) is 9.80 Å². The van der Waals surface area contributed by atoms with Crippen molar-refractivity contribution in [2.24, 2.45) is 0 Å². The number of nitrogen functional groups attached to an aromatic ring is 1. The minimum Gasteiger partial charge on any atom is -0.444 e. The summed E-state index contributed by atoms with van der Waals surface area (Å²) in [7, 11) is 0. The summed E-state index contributed by atoms with van der Waals surface area (Å²) in [6.45, 7) is 6.12. The van der Waals surface area contributed by atoms with E-state index in [1.54, 1.807) is 25.7 Å². The van der Waals surface area contributed by atoms with Crippen molar-refractivity contribution in [1.82, 2.24) is 4.90 Å². The fourth-order valence-corrected chi connectivity index (χ4v) is 3.84. The number of ether oxygens (including phenoxy) is 2. The van der Waals surface area contributed by atoms with E-state index in [0.29, 0.717) is 24.5 Å². The van der Waals surface area contributed by atoms with Gasteiger partial charge >= 0.3 is 12.1 Å². The van der Waals surface area contributed by atoms with Crippen LogP contribution in [0.5, 0.6) is 0 Å². The Morgan fingerprint density at radius 1 is 0.868 bits per heavy atom. The van der Waals surface area contributed by atoms with Gasteiger partial charge in [-0.05, 0) is 80.1 Å². The van der Waals surface area contributed by atoms with E-state index >= 15 is 0 Å². The highest BCUT2D eigenvalue weighted by molar-refractivity contribution is 7.16. The van der Waals surface area contributed by atoms with Gasteiger partial charge in [-0.25, -0.2) is 9.59 Å². The van der Waals surface area contributed by atoms with Gasteiger partial charge in [-0.2, -0.15) is 0 Å². The zero-order valence-electron chi connectivity index (χ0n) is 20.8. The average Bonchev–Trinajstić information content (AvgIpc) is 3.19. The lowest BCUT2D eigenvalue weighted by atomic mass is 10.0. The molecular weight excluding hydrogens is 496 g/mol. The molecule has 38 heavy (non-hydrogen) atoms. The van der Waals surface area contributed by atoms with E-state index in [1.807, 2.05) is 0 Å². The molecule has 6 nitrogen and oxygen atoms in total. The zero-order chi connectivity index (χ0) is 27.8. The molecule has 0 saturated carbocycles. The zero-order valence-corrected chi connectivity index (χ0v) is 21.6. The number of hydrogen-bond acceptors (Lipinski definition) is 6. The molecule has 0 aliphatic carbocycles. The number of carbonyl (C=O) groups is 2. The SMILES string of the molecule is C#CC#CC#CC#CC#CC#CC#CC#CC#COC(=O)c1c(N)sc2c1CCN(C(=O)OC(C)(C)C)C2. The summed E-state index contributed by atoms with van der Waals surface area (Å²) in [6.07, 6.45) is 7.20. The predicted molar refractivity (Wildman–Crippen MR) is 146 cm³/mol. The molecule has 1 amide bonds. The largest absolute Gasteiger partial charge is 0.444 e. The van der Waals surface area contributed by atoms with Gasteiger partial charge in [0.05, 0.1) is 12.1 Å². The van der Waals surface area contributed by atoms with E-state index in [2.05, 4.69) is 101 Å². The molecule has 1 aromatic rings. The molecule has 0 atom stereocenters. The third-order valence-electron chi connectivity index (χ3n) is 4.08. The van der Waals surface area contributed by atoms with Gasteiger partial charge in [-0.15, -0.1) is 17.8 Å². The Morgan fingerprint density at radius 2 is 1.37 bits per heavy atom. The van der Waals surface area contributed by atoms with Crippen LogP contribution in [0.2, 0.25) is 0 Å². The summed E-state index contributed by atoms with van der Waals surface area (Å²) < 4.78 is 10.4. The molecule has 2 heterocycles. The van der Waals surface area contributed by atoms with Crippen molar-refractivity contribution >= 4 is 28.4 Å². The van der Waals surface area contributed by atoms with Crippen LogP contribution in [0.3, 0.4) is 0 Å². The second-order valence-electron chi connectivity index (χ2n) is 7.91. The molecule has 1 aromatic heterocycles. The second kappa shape index (κ2) is 14.6. The fourth-order valence-electron chi connectivity index (χ4n) is 2.72. The summed E-state index contributed by atoms with van der Waals surface area (Å²) in [5.41, 5.74) is 6.48. The Hall–Kier alpha value is -5.72. The molecule has 1 aliphatic heterocycles. The smallest absolute Gasteiger partial charge is 0.410 e. The van der Waals surface area contributed by atoms with Crippen LogP contribution in [0.25, 0.3) is 0 Å². The van der Waals surface area contributed by atoms with Crippen molar-refractivity contribution in [2.45, 2.75) is 39.3 Å². The highest BCUT2D eigenvalue weighted by Crippen LogP contribution is 2.36. The Morgan fingerprint density at radius 3 is 1.87 bits per heavy atom. The summed E-state index contributed by atoms with van der Waals surface area (Å²) in [5.74, 6) is 38.1. The molecule has 0 bridgehead atoms. The highest BCUT2D eigenvalue weighted by atomic mass is 32.1. The molecule has 2 N–H and O–H groups in total. The number of nitrogens with zero attached hydrogens (tertiary/aromatic N) is 1. The summed E-state index contributed by atoms with van der Waals surface area (Å²) in [6, 6.07) is 0. The number of amides is 1. The molecule has 1 aliphatic rings. The third kappa shape index (κ3) is 9.87. The maximum atomic E-state index is 12.5. The second-order valence-corrected chi connectivity index (χ2v) is 9.04. The first kappa shape index (κ1) is 28.5. The van der Waals surface area contributed by atoms with Gasteiger partial charge in [-0.1, -0.05) is 0 Å². The molecule has 0 saturated heterocycles. The van der Waals surface area contributed by atoms with Gasteiger partial charge in [0.2, 0.25) is 0 Å². The summed E-state index contributed by atoms with van der Waals surface area (Å²) >= 11 is 1.24. The number of hydrogen-bond donors (Lipinski definition) is 1. The molecule has 7 heteroatoms. The lowest BCUT2D eigenvalue weighted by Crippen LogP contribution is -2.39. The van der Waals surface area contributed by atoms with Crippen LogP contribution in [0.15, 0.2) is 0 Å². The van der Waals surface area contributed by atoms with E-state index < -0.39 is 17.7 Å². The molecule has 182 valence electrons. The lowest BCUT2D eigenvalue weighted by molar-refractivity contribution is 0.0226. The molecule has 0 spiro atoms. The van der Waals surface area contributed by atoms with E-state index in [0.717, 1.165) is 10.4 Å². The van der Waals surface area contributed by atoms with Crippen molar-refractivity contribution in [3.8, 4) is 107 Å². The summed E-state index contributed by atoms with van der Waals surface area (Å²) in [4.78, 5) is 27.3. The highest BCUT2D eigenvalue weighted by Gasteiger charge is 2.31. The van der Waals surface area contributed by atoms with Gasteiger partial charge in [0.25, 0.3) is 0 Å². The molecule has 0 fully saturated rings. The van der Waals surface area contributed by atoms with Crippen molar-refractivity contribution in [2.75, 3.05) is 12.3 Å². The standard InChI is InChI=1S/C31H18N2O4S/c1-5-6-7-8-9-10-11-12-13-14-15-16-17-18-19-20-23-36-29(34)27-25-21-22-33(24-26(25)38-28(27)32)30(35)37-31(2,3)4/h1H,21-22,24,32H2,2-4H3. The van der Waals surface area contributed by atoms with E-state index in [1.165, 1.54) is 11.3 Å². The van der Waals surface area contributed by atoms with Gasteiger partial charge in [0.1, 0.15) is 16.7 Å². The number of nitrogens with two attached hydrogens (primary N) is 1. The minimum absolute atomic E-state index is 0.265. The normalized spacial score (nSPS) is 9.79. The average molecular weight is 515 g/mol. The molecule has 2 rings (SSSR count). The number of esters is 1. The quantitative estimate of drug-likeness (QED) is 0.460. The first-order chi connectivity index (χ1) is 18.2. The number of fused-ring (bicyclic) bond motifs is 1. The number of terminal acetylenes is 1. The monoisotopic (exact) mass is 514 g/mol. The first-order valence-electron chi connectivity index (χ1n) is 10.8. The van der Waals surface area contributed by atoms with Gasteiger partial charge < -0.3 is 20.1 Å². The Labute approximate surface area is 227 Å². The first-order valence-corrected chi connectivity index (χ1v) is 11.6. The molecule has 0 unspecified atom stereocenters. The molecular formula is C31H18N2O4S. The van der Waals surface area contributed by atoms with Crippen LogP contribution in [0.1, 0.15) is 41.6 Å². The number of thiophene rings is 1. The number of rotatable bonds is 1. The van der Waals surface area contributed by atoms with Crippen molar-refractivity contribution < 1.29 is 19.1 Å². The van der Waals surface area contributed by atoms with Crippen LogP contribution < -0.4 is 5.73 Å².